The molecule has 0 spiro atoms. The van der Waals surface area contributed by atoms with Gasteiger partial charge in [0.15, 0.2) is 0 Å². The third-order valence-electron chi connectivity index (χ3n) is 3.38. The lowest BCUT2D eigenvalue weighted by atomic mass is 10.2. The standard InChI is InChI=1S/C16H18N3S/c1-18(2)11-5-7-13-15(9-11)20-16-10-12(19(3)4)6-8-14(16)17-13/h5-10H,1-4H3/q+1/i1-1,2-1,3-1,4-1. The Bertz CT molecular complexity index is 718. The molecule has 102 valence electrons. The van der Waals surface area contributed by atoms with Gasteiger partial charge in [-0.1, -0.05) is 0 Å². The Morgan fingerprint density at radius 3 is 1.60 bits per heavy atom. The molecule has 0 atom stereocenters. The van der Waals surface area contributed by atoms with E-state index in [9.17, 15) is 0 Å². The number of hydrogen-bond donors (Lipinski definition) is 0. The first-order valence-corrected chi connectivity index (χ1v) is 7.38. The molecule has 4 heteroatoms. The van der Waals surface area contributed by atoms with Crippen molar-refractivity contribution in [1.82, 2.24) is 4.98 Å². The van der Waals surface area contributed by atoms with Crippen LogP contribution in [0.25, 0.3) is 20.4 Å². The van der Waals surface area contributed by atoms with Crippen molar-refractivity contribution in [1.29, 1.82) is 0 Å². The molecule has 0 aliphatic rings. The van der Waals surface area contributed by atoms with E-state index in [-0.39, 0.29) is 0 Å². The average Bonchev–Trinajstić information content (AvgIpc) is 2.43. The molecular formula is C16H18N3S+. The maximum Gasteiger partial charge on any atom is 0.259 e. The highest BCUT2D eigenvalue weighted by atomic mass is 32.1. The van der Waals surface area contributed by atoms with Gasteiger partial charge in [-0.25, -0.2) is 4.98 Å². The summed E-state index contributed by atoms with van der Waals surface area (Å²) in [6.45, 7) is 0. The SMILES string of the molecule is [11CH3]N([11CH3])c1ccc2nc3ccc(N([11CH3])[11CH3])cc3[s+]c2c1. The van der Waals surface area contributed by atoms with Crippen molar-refractivity contribution >= 4 is 43.1 Å². The van der Waals surface area contributed by atoms with Gasteiger partial charge in [0.2, 0.25) is 11.3 Å². The van der Waals surface area contributed by atoms with Crippen LogP contribution < -0.4 is 9.80 Å². The summed E-state index contributed by atoms with van der Waals surface area (Å²) in [5.74, 6) is 0. The zero-order valence-corrected chi connectivity index (χ0v) is 13.0. The third kappa shape index (κ3) is 2.27. The summed E-state index contributed by atoms with van der Waals surface area (Å²) in [4.78, 5) is 8.99. The number of anilines is 2. The molecule has 0 aliphatic carbocycles. The van der Waals surface area contributed by atoms with Crippen molar-refractivity contribution in [3.63, 3.8) is 0 Å². The van der Waals surface area contributed by atoms with E-state index in [1.807, 2.05) is 0 Å². The molecule has 0 radical (unpaired) electrons. The maximum absolute atomic E-state index is 4.75. The predicted octanol–water partition coefficient (Wildman–Crippen LogP) is 3.86. The zero-order chi connectivity index (χ0) is 14.3. The summed E-state index contributed by atoms with van der Waals surface area (Å²) >= 11 is 1.80. The lowest BCUT2D eigenvalue weighted by Gasteiger charge is -2.11. The third-order valence-corrected chi connectivity index (χ3v) is 4.47. The van der Waals surface area contributed by atoms with Crippen molar-refractivity contribution in [3.05, 3.63) is 36.4 Å². The van der Waals surface area contributed by atoms with Gasteiger partial charge in [-0.15, -0.1) is 0 Å². The molecule has 20 heavy (non-hydrogen) atoms. The molecule has 0 fully saturated rings. The highest BCUT2D eigenvalue weighted by Crippen LogP contribution is 2.30. The Labute approximate surface area is 123 Å². The van der Waals surface area contributed by atoms with Crippen LogP contribution in [0, 0.1) is 0 Å². The second-order valence-electron chi connectivity index (χ2n) is 5.31. The molecule has 3 rings (SSSR count). The van der Waals surface area contributed by atoms with Gasteiger partial charge in [-0.2, -0.15) is 0 Å². The summed E-state index contributed by atoms with van der Waals surface area (Å²) in [5, 5.41) is 0. The Morgan fingerprint density at radius 1 is 0.750 bits per heavy atom. The van der Waals surface area contributed by atoms with E-state index in [1.165, 1.54) is 20.8 Å². The Morgan fingerprint density at radius 2 is 1.20 bits per heavy atom. The van der Waals surface area contributed by atoms with Gasteiger partial charge in [0.05, 0.1) is 0 Å². The molecular weight excluding hydrogens is 262 g/mol. The fraction of sp³-hybridized carbons (Fsp3) is 0.250. The second-order valence-corrected chi connectivity index (χ2v) is 6.39. The van der Waals surface area contributed by atoms with Gasteiger partial charge >= 0.3 is 0 Å². The van der Waals surface area contributed by atoms with Crippen LogP contribution in [0.5, 0.6) is 0 Å². The quantitative estimate of drug-likeness (QED) is 0.525. The van der Waals surface area contributed by atoms with E-state index in [4.69, 9.17) is 4.98 Å². The molecule has 0 saturated heterocycles. The van der Waals surface area contributed by atoms with E-state index in [2.05, 4.69) is 74.4 Å². The fourth-order valence-electron chi connectivity index (χ4n) is 2.16. The van der Waals surface area contributed by atoms with Gasteiger partial charge in [-0.05, 0) is 24.3 Å². The number of nitrogens with zero attached hydrogens (tertiary/aromatic N) is 3. The van der Waals surface area contributed by atoms with Crippen LogP contribution in [0.2, 0.25) is 0 Å². The van der Waals surface area contributed by atoms with Crippen LogP contribution in [-0.4, -0.2) is 33.2 Å². The Hall–Kier alpha value is -1.94. The lowest BCUT2D eigenvalue weighted by molar-refractivity contribution is 1.13. The zero-order valence-electron chi connectivity index (χ0n) is 12.2. The minimum atomic E-state index is 1.06. The van der Waals surface area contributed by atoms with E-state index >= 15 is 0 Å². The van der Waals surface area contributed by atoms with Crippen LogP contribution in [-0.2, 0) is 0 Å². The van der Waals surface area contributed by atoms with Crippen LogP contribution in [0.15, 0.2) is 36.4 Å². The highest BCUT2D eigenvalue weighted by Gasteiger charge is 2.14. The highest BCUT2D eigenvalue weighted by molar-refractivity contribution is 7.24. The van der Waals surface area contributed by atoms with Crippen molar-refractivity contribution in [2.24, 2.45) is 0 Å². The van der Waals surface area contributed by atoms with Crippen LogP contribution in [0.3, 0.4) is 0 Å². The van der Waals surface area contributed by atoms with Gasteiger partial charge in [0.25, 0.3) is 9.40 Å². The van der Waals surface area contributed by atoms with E-state index < -0.39 is 0 Å². The van der Waals surface area contributed by atoms with Crippen LogP contribution in [0.4, 0.5) is 11.4 Å². The van der Waals surface area contributed by atoms with Gasteiger partial charge < -0.3 is 9.80 Å². The first-order chi connectivity index (χ1) is 9.54. The molecule has 0 unspecified atom stereocenters. The van der Waals surface area contributed by atoms with Crippen molar-refractivity contribution in [3.8, 4) is 0 Å². The number of fused-ring (bicyclic) bond motifs is 2. The average molecular weight is 280 g/mol. The summed E-state index contributed by atoms with van der Waals surface area (Å²) in [7, 11) is 8.24. The van der Waals surface area contributed by atoms with Crippen molar-refractivity contribution in [2.75, 3.05) is 38.0 Å². The summed E-state index contributed by atoms with van der Waals surface area (Å²) in [6.07, 6.45) is 0. The molecule has 0 aliphatic heterocycles. The predicted molar refractivity (Wildman–Crippen MR) is 90.2 cm³/mol. The minimum absolute atomic E-state index is 1.06. The molecule has 3 nitrogen and oxygen atoms in total. The number of benzene rings is 2. The smallest absolute Gasteiger partial charge is 0.259 e. The molecule has 3 aromatic rings. The molecule has 1 aromatic heterocycles. The molecule has 0 bridgehead atoms. The molecule has 0 N–H and O–H groups in total. The number of aromatic nitrogens is 1. The van der Waals surface area contributed by atoms with Gasteiger partial charge in [-0.3, -0.25) is 0 Å². The molecule has 1 heterocycles. The van der Waals surface area contributed by atoms with Gasteiger partial charge in [0.1, 0.15) is 11.0 Å². The van der Waals surface area contributed by atoms with E-state index in [0.717, 1.165) is 11.0 Å². The largest absolute Gasteiger partial charge is 0.377 e. The van der Waals surface area contributed by atoms with Crippen LogP contribution in [0.1, 0.15) is 0 Å². The van der Waals surface area contributed by atoms with Crippen molar-refractivity contribution < 1.29 is 0 Å². The molecule has 2 aromatic carbocycles. The monoisotopic (exact) mass is 280 g/mol. The summed E-state index contributed by atoms with van der Waals surface area (Å²) in [6, 6.07) is 12.8. The Balaban J connectivity index is 2.24. The summed E-state index contributed by atoms with van der Waals surface area (Å²) in [5.41, 5.74) is 4.54. The van der Waals surface area contributed by atoms with Crippen LogP contribution >= 0.6 is 11.3 Å². The van der Waals surface area contributed by atoms with E-state index in [1.54, 1.807) is 11.3 Å². The molecule has 0 amide bonds. The second kappa shape index (κ2) is 4.87. The lowest BCUT2D eigenvalue weighted by Crippen LogP contribution is -2.08. The molecule has 0 saturated carbocycles. The van der Waals surface area contributed by atoms with Crippen molar-refractivity contribution in [2.45, 2.75) is 0 Å². The van der Waals surface area contributed by atoms with Gasteiger partial charge in [0, 0.05) is 51.7 Å². The first-order valence-electron chi connectivity index (χ1n) is 6.57. The maximum atomic E-state index is 4.75. The van der Waals surface area contributed by atoms with E-state index in [0.29, 0.717) is 0 Å². The summed E-state index contributed by atoms with van der Waals surface area (Å²) < 4.78 is 2.44. The minimum Gasteiger partial charge on any atom is -0.377 e. The normalized spacial score (nSPS) is 11.0. The number of hydrogen-bond acceptors (Lipinski definition) is 3. The fourth-order valence-corrected chi connectivity index (χ4v) is 3.19. The Kier molecular flexibility index (Phi) is 3.18. The number of rotatable bonds is 2. The first kappa shape index (κ1) is 13.1. The topological polar surface area (TPSA) is 19.4 Å².